The highest BCUT2D eigenvalue weighted by atomic mass is 14.5. The van der Waals surface area contributed by atoms with E-state index in [2.05, 4.69) is 131 Å². The van der Waals surface area contributed by atoms with Gasteiger partial charge in [0, 0.05) is 5.41 Å². The van der Waals surface area contributed by atoms with Gasteiger partial charge in [0.05, 0.1) is 0 Å². The Morgan fingerprint density at radius 3 is 2.06 bits per heavy atom. The molecule has 4 aromatic rings. The Balaban J connectivity index is 1.12. The zero-order valence-corrected chi connectivity index (χ0v) is 28.8. The molecule has 0 aliphatic heterocycles. The second-order valence-electron chi connectivity index (χ2n) is 16.1. The summed E-state index contributed by atoms with van der Waals surface area (Å²) in [5.74, 6) is 0.542. The van der Waals surface area contributed by atoms with Gasteiger partial charge in [-0.2, -0.15) is 0 Å². The molecule has 0 nitrogen and oxygen atoms in total. The van der Waals surface area contributed by atoms with Gasteiger partial charge in [-0.1, -0.05) is 119 Å². The minimum atomic E-state index is -0.0253. The largest absolute Gasteiger partial charge is 0.0763 e. The fourth-order valence-electron chi connectivity index (χ4n) is 10.5. The van der Waals surface area contributed by atoms with Crippen LogP contribution in [-0.2, 0) is 10.8 Å². The van der Waals surface area contributed by atoms with Crippen molar-refractivity contribution in [1.29, 1.82) is 0 Å². The summed E-state index contributed by atoms with van der Waals surface area (Å²) in [5, 5.41) is 8.61. The van der Waals surface area contributed by atoms with Crippen molar-refractivity contribution < 1.29 is 0 Å². The van der Waals surface area contributed by atoms with Crippen LogP contribution >= 0.6 is 0 Å². The molecule has 0 aromatic heterocycles. The van der Waals surface area contributed by atoms with Crippen molar-refractivity contribution in [3.05, 3.63) is 149 Å². The summed E-state index contributed by atoms with van der Waals surface area (Å²) >= 11 is 0. The minimum Gasteiger partial charge on any atom is -0.0763 e. The van der Waals surface area contributed by atoms with Crippen LogP contribution in [0.4, 0.5) is 0 Å². The lowest BCUT2D eigenvalue weighted by Gasteiger charge is -2.29. The molecule has 0 amide bonds. The van der Waals surface area contributed by atoms with E-state index >= 15 is 0 Å². The predicted octanol–water partition coefficient (Wildman–Crippen LogP) is 7.03. The molecule has 0 spiro atoms. The van der Waals surface area contributed by atoms with Crippen LogP contribution in [0.2, 0.25) is 0 Å². The van der Waals surface area contributed by atoms with E-state index in [0.717, 1.165) is 44.9 Å². The van der Waals surface area contributed by atoms with E-state index in [1.54, 1.807) is 22.3 Å². The molecule has 0 heterocycles. The summed E-state index contributed by atoms with van der Waals surface area (Å²) in [6.07, 6.45) is 20.4. The summed E-state index contributed by atoms with van der Waals surface area (Å²) in [6.45, 7) is 9.96. The molecular weight excluding hydrogens is 577 g/mol. The molecule has 1 atom stereocenters. The van der Waals surface area contributed by atoms with Crippen LogP contribution in [0.5, 0.6) is 0 Å². The highest BCUT2D eigenvalue weighted by Gasteiger charge is 2.47. The fraction of sp³-hybridized carbons (Fsp3) is 0.292. The molecule has 0 fully saturated rings. The lowest BCUT2D eigenvalue weighted by Crippen LogP contribution is -2.37. The van der Waals surface area contributed by atoms with Gasteiger partial charge in [0.2, 0.25) is 0 Å². The molecular formula is C48H44. The second kappa shape index (κ2) is 10.1. The van der Waals surface area contributed by atoms with Gasteiger partial charge < -0.3 is 0 Å². The van der Waals surface area contributed by atoms with Crippen molar-refractivity contribution >= 4 is 46.6 Å². The van der Waals surface area contributed by atoms with Crippen molar-refractivity contribution in [3.63, 3.8) is 0 Å². The number of fused-ring (bicyclic) bond motifs is 8. The van der Waals surface area contributed by atoms with E-state index < -0.39 is 0 Å². The summed E-state index contributed by atoms with van der Waals surface area (Å²) < 4.78 is 0. The molecule has 236 valence electrons. The average Bonchev–Trinajstić information content (AvgIpc) is 3.49. The molecule has 48 heavy (non-hydrogen) atoms. The van der Waals surface area contributed by atoms with Crippen LogP contribution in [0.1, 0.15) is 106 Å². The van der Waals surface area contributed by atoms with Gasteiger partial charge in [-0.25, -0.2) is 0 Å². The van der Waals surface area contributed by atoms with E-state index in [0.29, 0.717) is 5.92 Å². The summed E-state index contributed by atoms with van der Waals surface area (Å²) in [7, 11) is 0. The third-order valence-corrected chi connectivity index (χ3v) is 13.0. The highest BCUT2D eigenvalue weighted by Crippen LogP contribution is 2.57. The number of rotatable bonds is 2. The quantitative estimate of drug-likeness (QED) is 0.226. The van der Waals surface area contributed by atoms with Crippen molar-refractivity contribution in [2.75, 3.05) is 0 Å². The van der Waals surface area contributed by atoms with Crippen molar-refractivity contribution in [3.8, 4) is 0 Å². The fourth-order valence-corrected chi connectivity index (χ4v) is 10.5. The molecule has 0 radical (unpaired) electrons. The lowest BCUT2D eigenvalue weighted by molar-refractivity contribution is 0.419. The third-order valence-electron chi connectivity index (χ3n) is 13.0. The standard InChI is InChI=1S/C48H44/c1-47(2)42-25-21-30-13-6-8-16-34(30)46(42)41-28-44-40(27-45(41)47)39-22-20-31(26-43(39)48(44,3)4)33-23-24-38(37-18-10-9-17-35(33)37)36-19-11-14-29-12-5-7-15-32(29)36/h5-8,12-18,21,23-24,26-28,42H,9-11,19-20,22,25H2,1-4H3. The maximum absolute atomic E-state index is 2.64. The van der Waals surface area contributed by atoms with Crippen molar-refractivity contribution in [1.82, 2.24) is 0 Å². The van der Waals surface area contributed by atoms with E-state index in [9.17, 15) is 0 Å². The zero-order chi connectivity index (χ0) is 32.4. The van der Waals surface area contributed by atoms with E-state index in [4.69, 9.17) is 0 Å². The monoisotopic (exact) mass is 620 g/mol. The normalized spacial score (nSPS) is 21.9. The molecule has 6 aliphatic carbocycles. The van der Waals surface area contributed by atoms with Gasteiger partial charge in [-0.15, -0.1) is 0 Å². The Morgan fingerprint density at radius 2 is 1.25 bits per heavy atom. The summed E-state index contributed by atoms with van der Waals surface area (Å²) in [4.78, 5) is 0. The molecule has 0 saturated heterocycles. The van der Waals surface area contributed by atoms with Gasteiger partial charge in [-0.05, 0) is 161 Å². The van der Waals surface area contributed by atoms with Gasteiger partial charge in [0.15, 0.2) is 0 Å². The molecule has 6 aliphatic rings. The lowest BCUT2D eigenvalue weighted by atomic mass is 9.74. The smallest absolute Gasteiger partial charge is 0.0155 e. The SMILES string of the molecule is CC1(C)C2=C(CCC(c3ccc(C4=c5ccccc5=CCC4)c4c3=CCCC=4)=C2)c2cc3c(cc21)C1=c2ccccc2=CCC1C3(C)C. The Kier molecular flexibility index (Phi) is 5.98. The van der Waals surface area contributed by atoms with Crippen LogP contribution in [0.15, 0.2) is 84.4 Å². The van der Waals surface area contributed by atoms with Gasteiger partial charge in [0.25, 0.3) is 0 Å². The van der Waals surface area contributed by atoms with Crippen LogP contribution < -0.4 is 31.3 Å². The Hall–Kier alpha value is -4.42. The number of benzene rings is 4. The van der Waals surface area contributed by atoms with E-state index in [-0.39, 0.29) is 10.8 Å². The van der Waals surface area contributed by atoms with Crippen LogP contribution in [0.3, 0.4) is 0 Å². The van der Waals surface area contributed by atoms with Gasteiger partial charge in [0.1, 0.15) is 0 Å². The molecule has 0 N–H and O–H groups in total. The summed E-state index contributed by atoms with van der Waals surface area (Å²) in [6, 6.07) is 28.3. The molecule has 0 saturated carbocycles. The predicted molar refractivity (Wildman–Crippen MR) is 203 cm³/mol. The average molecular weight is 621 g/mol. The third kappa shape index (κ3) is 3.84. The van der Waals surface area contributed by atoms with Crippen LogP contribution in [0.25, 0.3) is 46.6 Å². The second-order valence-corrected chi connectivity index (χ2v) is 16.1. The van der Waals surface area contributed by atoms with Crippen LogP contribution in [0, 0.1) is 5.92 Å². The van der Waals surface area contributed by atoms with E-state index in [1.807, 2.05) is 0 Å². The molecule has 0 bridgehead atoms. The maximum Gasteiger partial charge on any atom is 0.0155 e. The Morgan fingerprint density at radius 1 is 0.562 bits per heavy atom. The van der Waals surface area contributed by atoms with Gasteiger partial charge >= 0.3 is 0 Å². The van der Waals surface area contributed by atoms with Crippen LogP contribution in [-0.4, -0.2) is 0 Å². The Bertz CT molecular complexity index is 2580. The molecule has 4 aromatic carbocycles. The maximum atomic E-state index is 2.64. The van der Waals surface area contributed by atoms with Crippen molar-refractivity contribution in [2.24, 2.45) is 5.92 Å². The van der Waals surface area contributed by atoms with Gasteiger partial charge in [-0.3, -0.25) is 0 Å². The van der Waals surface area contributed by atoms with E-state index in [1.165, 1.54) is 70.3 Å². The first kappa shape index (κ1) is 28.6. The zero-order valence-electron chi connectivity index (χ0n) is 28.8. The summed E-state index contributed by atoms with van der Waals surface area (Å²) in [5.41, 5.74) is 16.9. The van der Waals surface area contributed by atoms with Crippen molar-refractivity contribution in [2.45, 2.75) is 83.5 Å². The minimum absolute atomic E-state index is 0.0253. The first-order valence-corrected chi connectivity index (χ1v) is 18.4. The molecule has 10 rings (SSSR count). The Labute approximate surface area is 284 Å². The number of allylic oxidation sites excluding steroid dienone is 4. The first-order valence-electron chi connectivity index (χ1n) is 18.4. The highest BCUT2D eigenvalue weighted by molar-refractivity contribution is 5.92. The number of hydrogen-bond acceptors (Lipinski definition) is 0. The number of hydrogen-bond donors (Lipinski definition) is 0. The topological polar surface area (TPSA) is 0 Å². The molecule has 0 heteroatoms. The molecule has 1 unspecified atom stereocenters. The first-order chi connectivity index (χ1) is 23.3.